The third-order valence-electron chi connectivity index (χ3n) is 2.93. The van der Waals surface area contributed by atoms with Crippen molar-refractivity contribution in [2.45, 2.75) is 38.7 Å². The molecule has 1 aromatic carbocycles. The molecule has 1 aliphatic heterocycles. The Labute approximate surface area is 102 Å². The Kier molecular flexibility index (Phi) is 3.72. The van der Waals surface area contributed by atoms with Gasteiger partial charge in [0.05, 0.1) is 5.02 Å². The normalized spacial score (nSPS) is 18.3. The number of benzene rings is 1. The van der Waals surface area contributed by atoms with Crippen molar-refractivity contribution in [2.75, 3.05) is 6.54 Å². The van der Waals surface area contributed by atoms with Gasteiger partial charge >= 0.3 is 0 Å². The van der Waals surface area contributed by atoms with Crippen molar-refractivity contribution in [3.05, 3.63) is 28.3 Å². The molecule has 0 bridgehead atoms. The molecule has 2 rings (SSSR count). The largest absolute Gasteiger partial charge is 0.489 e. The summed E-state index contributed by atoms with van der Waals surface area (Å²) >= 11 is 6.20. The predicted octanol–water partition coefficient (Wildman–Crippen LogP) is 2.94. The van der Waals surface area contributed by atoms with Crippen LogP contribution in [0.25, 0.3) is 0 Å². The van der Waals surface area contributed by atoms with E-state index in [4.69, 9.17) is 22.1 Å². The number of hydrogen-bond donors (Lipinski definition) is 1. The van der Waals surface area contributed by atoms with Crippen LogP contribution in [0, 0.1) is 0 Å². The van der Waals surface area contributed by atoms with Crippen LogP contribution >= 0.6 is 11.6 Å². The van der Waals surface area contributed by atoms with E-state index in [1.54, 1.807) is 0 Å². The maximum atomic E-state index is 6.20. The summed E-state index contributed by atoms with van der Waals surface area (Å²) in [7, 11) is 0. The summed E-state index contributed by atoms with van der Waals surface area (Å²) in [5, 5.41) is 0.754. The summed E-state index contributed by atoms with van der Waals surface area (Å²) in [6, 6.07) is 4.25. The minimum atomic E-state index is 0.256. The van der Waals surface area contributed by atoms with Gasteiger partial charge in [0, 0.05) is 6.42 Å². The second kappa shape index (κ2) is 5.07. The smallest absolute Gasteiger partial charge is 0.141 e. The van der Waals surface area contributed by atoms with E-state index in [0.29, 0.717) is 0 Å². The Morgan fingerprint density at radius 2 is 2.25 bits per heavy atom. The van der Waals surface area contributed by atoms with Crippen LogP contribution in [-0.4, -0.2) is 12.6 Å². The average Bonchev–Trinajstić information content (AvgIpc) is 2.60. The van der Waals surface area contributed by atoms with Crippen molar-refractivity contribution in [1.82, 2.24) is 0 Å². The number of nitrogens with two attached hydrogens (primary N) is 1. The van der Waals surface area contributed by atoms with Crippen molar-refractivity contribution in [1.29, 1.82) is 0 Å². The molecule has 0 saturated heterocycles. The number of ether oxygens (including phenoxy) is 1. The molecule has 0 aromatic heterocycles. The van der Waals surface area contributed by atoms with Crippen LogP contribution in [0.5, 0.6) is 5.75 Å². The predicted molar refractivity (Wildman–Crippen MR) is 67.2 cm³/mol. The van der Waals surface area contributed by atoms with E-state index < -0.39 is 0 Å². The van der Waals surface area contributed by atoms with Crippen molar-refractivity contribution >= 4 is 11.6 Å². The van der Waals surface area contributed by atoms with Gasteiger partial charge in [-0.15, -0.1) is 0 Å². The molecule has 88 valence electrons. The molecule has 16 heavy (non-hydrogen) atoms. The molecule has 0 spiro atoms. The molecule has 1 unspecified atom stereocenters. The molecular weight excluding hydrogens is 222 g/mol. The molecule has 1 aromatic rings. The molecule has 1 aliphatic rings. The van der Waals surface area contributed by atoms with Crippen LogP contribution in [-0.2, 0) is 12.8 Å². The van der Waals surface area contributed by atoms with Crippen LogP contribution in [0.2, 0.25) is 5.02 Å². The van der Waals surface area contributed by atoms with Crippen molar-refractivity contribution < 1.29 is 4.74 Å². The summed E-state index contributed by atoms with van der Waals surface area (Å²) < 4.78 is 5.67. The molecule has 3 heteroatoms. The quantitative estimate of drug-likeness (QED) is 0.820. The Balaban J connectivity index is 2.12. The number of hydrogen-bond acceptors (Lipinski definition) is 2. The van der Waals surface area contributed by atoms with Gasteiger partial charge in [-0.2, -0.15) is 0 Å². The van der Waals surface area contributed by atoms with Crippen molar-refractivity contribution in [2.24, 2.45) is 5.73 Å². The lowest BCUT2D eigenvalue weighted by Crippen LogP contribution is -2.05. The molecule has 2 N–H and O–H groups in total. The van der Waals surface area contributed by atoms with Gasteiger partial charge in [0.15, 0.2) is 0 Å². The first-order valence-corrected chi connectivity index (χ1v) is 6.26. The van der Waals surface area contributed by atoms with Crippen LogP contribution in [0.4, 0.5) is 0 Å². The zero-order valence-corrected chi connectivity index (χ0v) is 10.4. The summed E-state index contributed by atoms with van der Waals surface area (Å²) in [6.07, 6.45) is 4.48. The molecule has 1 heterocycles. The van der Waals surface area contributed by atoms with Gasteiger partial charge in [-0.1, -0.05) is 17.7 Å². The lowest BCUT2D eigenvalue weighted by molar-refractivity contribution is 0.255. The van der Waals surface area contributed by atoms with Gasteiger partial charge in [0.2, 0.25) is 0 Å². The first kappa shape index (κ1) is 11.7. The van der Waals surface area contributed by atoms with Crippen LogP contribution in [0.3, 0.4) is 0 Å². The standard InChI is InChI=1S/C13H18ClNO/c1-9-6-11-7-10(4-2-3-5-15)8-12(14)13(11)16-9/h7-9H,2-6,15H2,1H3. The second-order valence-corrected chi connectivity index (χ2v) is 4.85. The van der Waals surface area contributed by atoms with Gasteiger partial charge in [-0.3, -0.25) is 0 Å². The van der Waals surface area contributed by atoms with Crippen LogP contribution in [0.15, 0.2) is 12.1 Å². The minimum Gasteiger partial charge on any atom is -0.489 e. The van der Waals surface area contributed by atoms with E-state index in [1.165, 1.54) is 11.1 Å². The zero-order chi connectivity index (χ0) is 11.5. The highest BCUT2D eigenvalue weighted by atomic mass is 35.5. The molecule has 0 fully saturated rings. The van der Waals surface area contributed by atoms with E-state index in [-0.39, 0.29) is 6.10 Å². The summed E-state index contributed by atoms with van der Waals surface area (Å²) in [6.45, 7) is 2.84. The van der Waals surface area contributed by atoms with Crippen molar-refractivity contribution in [3.63, 3.8) is 0 Å². The number of aryl methyl sites for hydroxylation is 1. The number of rotatable bonds is 4. The van der Waals surface area contributed by atoms with E-state index in [1.807, 2.05) is 6.07 Å². The second-order valence-electron chi connectivity index (χ2n) is 4.44. The summed E-state index contributed by atoms with van der Waals surface area (Å²) in [4.78, 5) is 0. The van der Waals surface area contributed by atoms with Gasteiger partial charge in [0.25, 0.3) is 0 Å². The Hall–Kier alpha value is -0.730. The Morgan fingerprint density at radius 1 is 1.44 bits per heavy atom. The van der Waals surface area contributed by atoms with Gasteiger partial charge in [0.1, 0.15) is 11.9 Å². The summed E-state index contributed by atoms with van der Waals surface area (Å²) in [5.74, 6) is 0.886. The van der Waals surface area contributed by atoms with Gasteiger partial charge in [-0.25, -0.2) is 0 Å². The van der Waals surface area contributed by atoms with Crippen LogP contribution < -0.4 is 10.5 Å². The van der Waals surface area contributed by atoms with Gasteiger partial charge in [-0.05, 0) is 49.9 Å². The maximum Gasteiger partial charge on any atom is 0.141 e. The highest BCUT2D eigenvalue weighted by molar-refractivity contribution is 6.32. The maximum absolute atomic E-state index is 6.20. The molecule has 2 nitrogen and oxygen atoms in total. The molecule has 0 saturated carbocycles. The van der Waals surface area contributed by atoms with E-state index in [2.05, 4.69) is 13.0 Å². The first-order valence-electron chi connectivity index (χ1n) is 5.88. The monoisotopic (exact) mass is 239 g/mol. The fourth-order valence-corrected chi connectivity index (χ4v) is 2.47. The van der Waals surface area contributed by atoms with E-state index in [0.717, 1.165) is 43.0 Å². The van der Waals surface area contributed by atoms with Crippen LogP contribution in [0.1, 0.15) is 30.9 Å². The average molecular weight is 240 g/mol. The van der Waals surface area contributed by atoms with E-state index >= 15 is 0 Å². The Bertz CT molecular complexity index is 378. The highest BCUT2D eigenvalue weighted by Gasteiger charge is 2.22. The molecule has 1 atom stereocenters. The number of halogens is 1. The third-order valence-corrected chi connectivity index (χ3v) is 3.21. The van der Waals surface area contributed by atoms with E-state index in [9.17, 15) is 0 Å². The molecular formula is C13H18ClNO. The molecule has 0 aliphatic carbocycles. The zero-order valence-electron chi connectivity index (χ0n) is 9.63. The number of fused-ring (bicyclic) bond motifs is 1. The highest BCUT2D eigenvalue weighted by Crippen LogP contribution is 2.37. The SMILES string of the molecule is CC1Cc2cc(CCCCN)cc(Cl)c2O1. The molecule has 0 amide bonds. The Morgan fingerprint density at radius 3 is 3.00 bits per heavy atom. The van der Waals surface area contributed by atoms with Crippen molar-refractivity contribution in [3.8, 4) is 5.75 Å². The third kappa shape index (κ3) is 2.50. The number of unbranched alkanes of at least 4 members (excludes halogenated alkanes) is 1. The fraction of sp³-hybridized carbons (Fsp3) is 0.538. The first-order chi connectivity index (χ1) is 7.70. The molecule has 0 radical (unpaired) electrons. The topological polar surface area (TPSA) is 35.2 Å². The lowest BCUT2D eigenvalue weighted by atomic mass is 10.0. The summed E-state index contributed by atoms with van der Waals surface area (Å²) in [5.41, 5.74) is 8.04. The minimum absolute atomic E-state index is 0.256. The lowest BCUT2D eigenvalue weighted by Gasteiger charge is -2.07. The van der Waals surface area contributed by atoms with Gasteiger partial charge < -0.3 is 10.5 Å². The fourth-order valence-electron chi connectivity index (χ4n) is 2.17.